The molecule has 20 heavy (non-hydrogen) atoms. The van der Waals surface area contributed by atoms with E-state index in [-0.39, 0.29) is 22.1 Å². The van der Waals surface area contributed by atoms with Gasteiger partial charge in [0.25, 0.3) is 5.56 Å². The summed E-state index contributed by atoms with van der Waals surface area (Å²) in [4.78, 5) is 28.2. The molecular formula is C16H28N2O2. The molecule has 4 nitrogen and oxygen atoms in total. The number of hydrogen-bond acceptors (Lipinski definition) is 2. The number of aromatic amines is 1. The monoisotopic (exact) mass is 280 g/mol. The molecule has 0 bridgehead atoms. The molecule has 0 fully saturated rings. The lowest BCUT2D eigenvalue weighted by Crippen LogP contribution is -2.50. The maximum Gasteiger partial charge on any atom is 0.329 e. The summed E-state index contributed by atoms with van der Waals surface area (Å²) in [5.41, 5.74) is -0.227. The molecule has 0 unspecified atom stereocenters. The van der Waals surface area contributed by atoms with Crippen LogP contribution in [0.4, 0.5) is 0 Å². The maximum atomic E-state index is 12.9. The Morgan fingerprint density at radius 3 is 1.55 bits per heavy atom. The van der Waals surface area contributed by atoms with Gasteiger partial charge in [0.2, 0.25) is 0 Å². The van der Waals surface area contributed by atoms with Crippen molar-refractivity contribution in [3.05, 3.63) is 32.1 Å². The molecule has 0 amide bonds. The third kappa shape index (κ3) is 3.05. The van der Waals surface area contributed by atoms with Gasteiger partial charge in [0.05, 0.1) is 0 Å². The number of nitrogens with one attached hydrogen (secondary N) is 1. The minimum absolute atomic E-state index is 0.182. The molecule has 0 aliphatic rings. The first-order chi connectivity index (χ1) is 8.67. The standard InChI is InChI=1S/C16H28N2O2/c1-14(2,3)10-11(15(4,5)6)17-13(20)18(12(10)19)16(7,8)9/h1-9H3,(H,17,20). The van der Waals surface area contributed by atoms with Crippen molar-refractivity contribution in [2.45, 2.75) is 78.7 Å². The summed E-state index contributed by atoms with van der Waals surface area (Å²) in [6.45, 7) is 17.6. The van der Waals surface area contributed by atoms with Crippen LogP contribution in [0.5, 0.6) is 0 Å². The number of nitrogens with zero attached hydrogens (tertiary/aromatic N) is 1. The highest BCUT2D eigenvalue weighted by atomic mass is 16.2. The van der Waals surface area contributed by atoms with Crippen molar-refractivity contribution in [1.29, 1.82) is 0 Å². The minimum Gasteiger partial charge on any atom is -0.310 e. The van der Waals surface area contributed by atoms with E-state index < -0.39 is 5.54 Å². The Bertz CT molecular complexity index is 614. The van der Waals surface area contributed by atoms with Crippen molar-refractivity contribution in [2.24, 2.45) is 0 Å². The van der Waals surface area contributed by atoms with E-state index in [1.165, 1.54) is 4.57 Å². The van der Waals surface area contributed by atoms with Crippen LogP contribution in [0, 0.1) is 0 Å². The molecule has 1 N–H and O–H groups in total. The highest BCUT2D eigenvalue weighted by Crippen LogP contribution is 2.29. The fraction of sp³-hybridized carbons (Fsp3) is 0.750. The van der Waals surface area contributed by atoms with Gasteiger partial charge in [-0.15, -0.1) is 0 Å². The lowest BCUT2D eigenvalue weighted by molar-refractivity contribution is 0.353. The van der Waals surface area contributed by atoms with Crippen LogP contribution in [-0.4, -0.2) is 9.55 Å². The van der Waals surface area contributed by atoms with Crippen LogP contribution in [0.1, 0.15) is 73.6 Å². The lowest BCUT2D eigenvalue weighted by atomic mass is 9.79. The molecule has 0 saturated heterocycles. The summed E-state index contributed by atoms with van der Waals surface area (Å²) in [7, 11) is 0. The first kappa shape index (κ1) is 16.7. The fourth-order valence-corrected chi connectivity index (χ4v) is 2.40. The zero-order valence-corrected chi connectivity index (χ0v) is 14.3. The van der Waals surface area contributed by atoms with Gasteiger partial charge in [-0.05, 0) is 26.2 Å². The second-order valence-electron chi connectivity index (χ2n) is 8.49. The molecular weight excluding hydrogens is 252 g/mol. The van der Waals surface area contributed by atoms with Crippen molar-refractivity contribution >= 4 is 0 Å². The average molecular weight is 280 g/mol. The summed E-state index contributed by atoms with van der Waals surface area (Å²) >= 11 is 0. The Morgan fingerprint density at radius 2 is 1.25 bits per heavy atom. The molecule has 0 aliphatic heterocycles. The van der Waals surface area contributed by atoms with Gasteiger partial charge in [0, 0.05) is 22.2 Å². The van der Waals surface area contributed by atoms with Crippen LogP contribution in [0.25, 0.3) is 0 Å². The van der Waals surface area contributed by atoms with Gasteiger partial charge in [-0.2, -0.15) is 0 Å². The molecule has 0 atom stereocenters. The molecule has 0 spiro atoms. The highest BCUT2D eigenvalue weighted by molar-refractivity contribution is 5.30. The smallest absolute Gasteiger partial charge is 0.310 e. The highest BCUT2D eigenvalue weighted by Gasteiger charge is 2.32. The third-order valence-electron chi connectivity index (χ3n) is 3.27. The Kier molecular flexibility index (Phi) is 3.85. The topological polar surface area (TPSA) is 54.9 Å². The normalized spacial score (nSPS) is 13.7. The average Bonchev–Trinajstić information content (AvgIpc) is 2.09. The number of rotatable bonds is 0. The zero-order chi connectivity index (χ0) is 16.1. The first-order valence-corrected chi connectivity index (χ1v) is 7.08. The van der Waals surface area contributed by atoms with Gasteiger partial charge in [0.1, 0.15) is 0 Å². The lowest BCUT2D eigenvalue weighted by Gasteiger charge is -2.31. The number of aromatic nitrogens is 2. The summed E-state index contributed by atoms with van der Waals surface area (Å²) in [6.07, 6.45) is 0. The quantitative estimate of drug-likeness (QED) is 0.794. The largest absolute Gasteiger partial charge is 0.329 e. The second-order valence-corrected chi connectivity index (χ2v) is 8.49. The van der Waals surface area contributed by atoms with E-state index in [1.807, 2.05) is 62.3 Å². The van der Waals surface area contributed by atoms with Gasteiger partial charge < -0.3 is 4.98 Å². The Balaban J connectivity index is 3.98. The van der Waals surface area contributed by atoms with E-state index in [4.69, 9.17) is 0 Å². The number of hydrogen-bond donors (Lipinski definition) is 1. The van der Waals surface area contributed by atoms with Crippen molar-refractivity contribution in [3.63, 3.8) is 0 Å². The molecule has 0 saturated carbocycles. The Labute approximate surface area is 121 Å². The minimum atomic E-state index is -0.541. The van der Waals surface area contributed by atoms with Crippen LogP contribution in [-0.2, 0) is 16.4 Å². The SMILES string of the molecule is CC(C)(C)c1[nH]c(=O)n(C(C)(C)C)c(=O)c1C(C)(C)C. The molecule has 0 aromatic carbocycles. The Morgan fingerprint density at radius 1 is 0.800 bits per heavy atom. The zero-order valence-electron chi connectivity index (χ0n) is 14.3. The summed E-state index contributed by atoms with van der Waals surface area (Å²) in [5, 5.41) is 0. The molecule has 114 valence electrons. The van der Waals surface area contributed by atoms with Gasteiger partial charge in [-0.3, -0.25) is 9.36 Å². The molecule has 0 aliphatic carbocycles. The molecule has 4 heteroatoms. The maximum absolute atomic E-state index is 12.9. The van der Waals surface area contributed by atoms with Gasteiger partial charge >= 0.3 is 5.69 Å². The molecule has 1 heterocycles. The van der Waals surface area contributed by atoms with E-state index in [9.17, 15) is 9.59 Å². The van der Waals surface area contributed by atoms with E-state index in [0.717, 1.165) is 5.69 Å². The predicted octanol–water partition coefficient (Wildman–Crippen LogP) is 2.89. The van der Waals surface area contributed by atoms with Crippen LogP contribution >= 0.6 is 0 Å². The Hall–Kier alpha value is -1.32. The molecule has 0 radical (unpaired) electrons. The van der Waals surface area contributed by atoms with E-state index >= 15 is 0 Å². The molecule has 1 aromatic rings. The second kappa shape index (κ2) is 4.61. The van der Waals surface area contributed by atoms with E-state index in [2.05, 4.69) is 4.98 Å². The van der Waals surface area contributed by atoms with Gasteiger partial charge in [-0.1, -0.05) is 41.5 Å². The van der Waals surface area contributed by atoms with Crippen LogP contribution < -0.4 is 11.2 Å². The summed E-state index contributed by atoms with van der Waals surface area (Å²) in [6, 6.07) is 0. The van der Waals surface area contributed by atoms with Crippen molar-refractivity contribution in [3.8, 4) is 0 Å². The molecule has 1 aromatic heterocycles. The summed E-state index contributed by atoms with van der Waals surface area (Å²) < 4.78 is 1.32. The fourth-order valence-electron chi connectivity index (χ4n) is 2.40. The van der Waals surface area contributed by atoms with Crippen molar-refractivity contribution < 1.29 is 0 Å². The van der Waals surface area contributed by atoms with Crippen molar-refractivity contribution in [2.75, 3.05) is 0 Å². The van der Waals surface area contributed by atoms with E-state index in [1.54, 1.807) is 0 Å². The van der Waals surface area contributed by atoms with Crippen molar-refractivity contribution in [1.82, 2.24) is 9.55 Å². The van der Waals surface area contributed by atoms with E-state index in [0.29, 0.717) is 5.56 Å². The number of H-pyrrole nitrogens is 1. The third-order valence-corrected chi connectivity index (χ3v) is 3.27. The van der Waals surface area contributed by atoms with Gasteiger partial charge in [0.15, 0.2) is 0 Å². The van der Waals surface area contributed by atoms with Crippen LogP contribution in [0.15, 0.2) is 9.59 Å². The van der Waals surface area contributed by atoms with Crippen LogP contribution in [0.3, 0.4) is 0 Å². The van der Waals surface area contributed by atoms with Crippen LogP contribution in [0.2, 0.25) is 0 Å². The first-order valence-electron chi connectivity index (χ1n) is 7.08. The molecule has 1 rings (SSSR count). The predicted molar refractivity (Wildman–Crippen MR) is 83.7 cm³/mol. The summed E-state index contributed by atoms with van der Waals surface area (Å²) in [5.74, 6) is 0. The van der Waals surface area contributed by atoms with Gasteiger partial charge in [-0.25, -0.2) is 4.79 Å².